The van der Waals surface area contributed by atoms with Crippen LogP contribution in [0.1, 0.15) is 35.2 Å². The van der Waals surface area contributed by atoms with Crippen molar-refractivity contribution in [3.8, 4) is 0 Å². The molecule has 0 fully saturated rings. The Morgan fingerprint density at radius 2 is 1.88 bits per heavy atom. The Balaban J connectivity index is 2.25. The summed E-state index contributed by atoms with van der Waals surface area (Å²) in [6.07, 6.45) is 3.73. The number of rotatable bonds is 6. The quantitative estimate of drug-likeness (QED) is 0.765. The number of quaternary nitrogens is 1. The maximum absolute atomic E-state index is 5.82. The zero-order valence-electron chi connectivity index (χ0n) is 16.8. The molecule has 1 aromatic heterocycles. The number of likely N-dealkylation sites (N-methyl/N-ethyl adjacent to an activating group) is 1. The third-order valence-corrected chi connectivity index (χ3v) is 4.99. The number of thiocarbonyl (C=S) groups is 1. The van der Waals surface area contributed by atoms with Crippen LogP contribution in [0.25, 0.3) is 0 Å². The van der Waals surface area contributed by atoms with Gasteiger partial charge in [0.2, 0.25) is 0 Å². The van der Waals surface area contributed by atoms with E-state index in [1.807, 2.05) is 12.3 Å². The average Bonchev–Trinajstić information content (AvgIpc) is 2.58. The normalized spacial score (nSPS) is 12.1. The fourth-order valence-corrected chi connectivity index (χ4v) is 3.53. The van der Waals surface area contributed by atoms with Crippen molar-refractivity contribution < 1.29 is 4.90 Å². The third-order valence-electron chi connectivity index (χ3n) is 4.66. The van der Waals surface area contributed by atoms with Crippen LogP contribution in [0, 0.1) is 20.8 Å². The summed E-state index contributed by atoms with van der Waals surface area (Å²) >= 11 is 5.82. The molecule has 0 amide bonds. The highest BCUT2D eigenvalue weighted by Gasteiger charge is 2.21. The molecule has 0 aliphatic carbocycles. The highest BCUT2D eigenvalue weighted by Crippen LogP contribution is 2.25. The van der Waals surface area contributed by atoms with Gasteiger partial charge in [-0.1, -0.05) is 23.8 Å². The first-order valence-corrected chi connectivity index (χ1v) is 9.55. The minimum Gasteiger partial charge on any atom is -0.338 e. The monoisotopic (exact) mass is 371 g/mol. The standard InChI is InChI=1S/C21H30N4S/c1-15-12-16(2)20(17(3)13-15)23-21(26)25(11-10-24(5)6)18(4)19-8-7-9-22-14-19/h7-9,12-14,18H,10-11H2,1-6H3,(H,23,26)/p+1. The van der Waals surface area contributed by atoms with E-state index in [-0.39, 0.29) is 6.04 Å². The predicted octanol–water partition coefficient (Wildman–Crippen LogP) is 2.91. The van der Waals surface area contributed by atoms with Gasteiger partial charge in [0.05, 0.1) is 33.2 Å². The molecule has 0 bridgehead atoms. The van der Waals surface area contributed by atoms with Gasteiger partial charge in [-0.2, -0.15) is 0 Å². The number of aryl methyl sites for hydroxylation is 3. The van der Waals surface area contributed by atoms with Gasteiger partial charge in [0, 0.05) is 18.1 Å². The van der Waals surface area contributed by atoms with Crippen molar-refractivity contribution in [3.63, 3.8) is 0 Å². The average molecular weight is 372 g/mol. The van der Waals surface area contributed by atoms with Gasteiger partial charge in [0.15, 0.2) is 5.11 Å². The number of hydrogen-bond acceptors (Lipinski definition) is 2. The fourth-order valence-electron chi connectivity index (χ4n) is 3.17. The van der Waals surface area contributed by atoms with Crippen LogP contribution in [-0.4, -0.2) is 42.2 Å². The van der Waals surface area contributed by atoms with E-state index < -0.39 is 0 Å². The minimum atomic E-state index is 0.161. The highest BCUT2D eigenvalue weighted by molar-refractivity contribution is 7.80. The number of aromatic nitrogens is 1. The summed E-state index contributed by atoms with van der Waals surface area (Å²) in [6, 6.07) is 8.63. The van der Waals surface area contributed by atoms with Gasteiger partial charge in [-0.15, -0.1) is 0 Å². The van der Waals surface area contributed by atoms with E-state index in [9.17, 15) is 0 Å². The molecule has 4 nitrogen and oxygen atoms in total. The van der Waals surface area contributed by atoms with Crippen LogP contribution in [0.4, 0.5) is 5.69 Å². The number of hydrogen-bond donors (Lipinski definition) is 2. The van der Waals surface area contributed by atoms with E-state index in [1.54, 1.807) is 6.20 Å². The van der Waals surface area contributed by atoms with Crippen molar-refractivity contribution in [2.75, 3.05) is 32.5 Å². The largest absolute Gasteiger partial charge is 0.338 e. The third kappa shape index (κ3) is 5.26. The fraction of sp³-hybridized carbons (Fsp3) is 0.429. The van der Waals surface area contributed by atoms with Gasteiger partial charge in [-0.25, -0.2) is 0 Å². The number of nitrogens with zero attached hydrogens (tertiary/aromatic N) is 2. The van der Waals surface area contributed by atoms with Crippen LogP contribution in [0.5, 0.6) is 0 Å². The molecular weight excluding hydrogens is 340 g/mol. The summed E-state index contributed by atoms with van der Waals surface area (Å²) in [4.78, 5) is 7.93. The lowest BCUT2D eigenvalue weighted by atomic mass is 10.1. The maximum Gasteiger partial charge on any atom is 0.174 e. The summed E-state index contributed by atoms with van der Waals surface area (Å²) in [7, 11) is 4.33. The lowest BCUT2D eigenvalue weighted by Crippen LogP contribution is -3.06. The molecule has 26 heavy (non-hydrogen) atoms. The van der Waals surface area contributed by atoms with E-state index >= 15 is 0 Å². The van der Waals surface area contributed by atoms with Gasteiger partial charge in [0.1, 0.15) is 0 Å². The molecule has 1 unspecified atom stereocenters. The molecule has 1 heterocycles. The topological polar surface area (TPSA) is 32.6 Å². The van der Waals surface area contributed by atoms with Gasteiger partial charge >= 0.3 is 0 Å². The van der Waals surface area contributed by atoms with Crippen molar-refractivity contribution in [2.45, 2.75) is 33.7 Å². The highest BCUT2D eigenvalue weighted by atomic mass is 32.1. The smallest absolute Gasteiger partial charge is 0.174 e. The molecule has 0 aliphatic heterocycles. The van der Waals surface area contributed by atoms with Crippen LogP contribution in [0.2, 0.25) is 0 Å². The zero-order valence-corrected chi connectivity index (χ0v) is 17.6. The van der Waals surface area contributed by atoms with E-state index in [4.69, 9.17) is 12.2 Å². The van der Waals surface area contributed by atoms with E-state index in [2.05, 4.69) is 75.2 Å². The molecule has 2 aromatic rings. The summed E-state index contributed by atoms with van der Waals surface area (Å²) in [5, 5.41) is 4.27. The Labute approximate surface area is 163 Å². The van der Waals surface area contributed by atoms with Gasteiger partial charge < -0.3 is 15.1 Å². The van der Waals surface area contributed by atoms with Crippen LogP contribution in [-0.2, 0) is 0 Å². The molecule has 1 atom stereocenters. The number of benzene rings is 1. The van der Waals surface area contributed by atoms with E-state index in [0.717, 1.165) is 23.9 Å². The second kappa shape index (κ2) is 9.10. The number of anilines is 1. The Morgan fingerprint density at radius 3 is 2.42 bits per heavy atom. The molecule has 0 aliphatic rings. The lowest BCUT2D eigenvalue weighted by Gasteiger charge is -2.32. The van der Waals surface area contributed by atoms with Crippen LogP contribution in [0.3, 0.4) is 0 Å². The summed E-state index contributed by atoms with van der Waals surface area (Å²) in [6.45, 7) is 10.5. The first-order valence-electron chi connectivity index (χ1n) is 9.14. The number of pyridine rings is 1. The zero-order chi connectivity index (χ0) is 19.3. The van der Waals surface area contributed by atoms with Crippen LogP contribution in [0.15, 0.2) is 36.7 Å². The Hall–Kier alpha value is -1.98. The van der Waals surface area contributed by atoms with Crippen molar-refractivity contribution >= 4 is 23.0 Å². The predicted molar refractivity (Wildman–Crippen MR) is 114 cm³/mol. The van der Waals surface area contributed by atoms with E-state index in [1.165, 1.54) is 27.2 Å². The molecule has 0 saturated heterocycles. The van der Waals surface area contributed by atoms with Crippen molar-refractivity contribution in [1.29, 1.82) is 0 Å². The molecule has 0 radical (unpaired) electrons. The minimum absolute atomic E-state index is 0.161. The van der Waals surface area contributed by atoms with Crippen LogP contribution >= 0.6 is 12.2 Å². The maximum atomic E-state index is 5.82. The molecule has 0 spiro atoms. The second-order valence-corrected chi connectivity index (χ2v) is 7.70. The molecule has 1 aromatic carbocycles. The van der Waals surface area contributed by atoms with Crippen molar-refractivity contribution in [1.82, 2.24) is 9.88 Å². The molecule has 2 rings (SSSR count). The summed E-state index contributed by atoms with van der Waals surface area (Å²) in [5.41, 5.74) is 5.99. The van der Waals surface area contributed by atoms with Gasteiger partial charge in [0.25, 0.3) is 0 Å². The summed E-state index contributed by atoms with van der Waals surface area (Å²) in [5.74, 6) is 0. The lowest BCUT2D eigenvalue weighted by molar-refractivity contribution is -0.857. The Bertz CT molecular complexity index is 720. The van der Waals surface area contributed by atoms with Gasteiger partial charge in [-0.05, 0) is 62.7 Å². The first kappa shape index (κ1) is 20.3. The van der Waals surface area contributed by atoms with Crippen molar-refractivity contribution in [2.24, 2.45) is 0 Å². The Morgan fingerprint density at radius 1 is 1.23 bits per heavy atom. The number of nitrogens with one attached hydrogen (secondary N) is 2. The molecular formula is C21H31N4S+. The molecule has 140 valence electrons. The summed E-state index contributed by atoms with van der Waals surface area (Å²) < 4.78 is 0. The Kier molecular flexibility index (Phi) is 7.12. The molecule has 0 saturated carbocycles. The van der Waals surface area contributed by atoms with Gasteiger partial charge in [-0.3, -0.25) is 4.98 Å². The SMILES string of the molecule is Cc1cc(C)c(NC(=S)N(CC[NH+](C)C)C(C)c2cccnc2)c(C)c1. The second-order valence-electron chi connectivity index (χ2n) is 7.32. The first-order chi connectivity index (χ1) is 12.3. The molecule has 2 N–H and O–H groups in total. The van der Waals surface area contributed by atoms with Crippen molar-refractivity contribution in [3.05, 3.63) is 58.9 Å². The van der Waals surface area contributed by atoms with E-state index in [0.29, 0.717) is 0 Å². The molecule has 5 heteroatoms. The van der Waals surface area contributed by atoms with Crippen LogP contribution < -0.4 is 10.2 Å².